The van der Waals surface area contributed by atoms with Crippen LogP contribution in [0.5, 0.6) is 17.2 Å². The van der Waals surface area contributed by atoms with Gasteiger partial charge < -0.3 is 24.8 Å². The number of urea groups is 1. The van der Waals surface area contributed by atoms with Gasteiger partial charge in [0.1, 0.15) is 19.0 Å². The standard InChI is InChI=1S/C18H19ClN2O4/c19-13-5-7-14(8-6-13)23-10-9-20-18(22)21-11-15-12-24-16-3-1-2-4-17(16)25-15/h1-8,15H,9-12H2,(H2,20,21,22). The average Bonchev–Trinajstić information content (AvgIpc) is 2.65. The van der Waals surface area contributed by atoms with Crippen molar-refractivity contribution < 1.29 is 19.0 Å². The van der Waals surface area contributed by atoms with Crippen molar-refractivity contribution in [2.45, 2.75) is 6.10 Å². The van der Waals surface area contributed by atoms with Crippen LogP contribution in [0.3, 0.4) is 0 Å². The highest BCUT2D eigenvalue weighted by molar-refractivity contribution is 6.30. The minimum absolute atomic E-state index is 0.217. The van der Waals surface area contributed by atoms with E-state index in [1.807, 2.05) is 24.3 Å². The quantitative estimate of drug-likeness (QED) is 0.775. The van der Waals surface area contributed by atoms with E-state index in [0.29, 0.717) is 42.8 Å². The van der Waals surface area contributed by atoms with Gasteiger partial charge in [-0.2, -0.15) is 0 Å². The van der Waals surface area contributed by atoms with E-state index in [1.54, 1.807) is 24.3 Å². The minimum atomic E-state index is -0.276. The molecule has 132 valence electrons. The fourth-order valence-electron chi connectivity index (χ4n) is 2.30. The van der Waals surface area contributed by atoms with E-state index in [4.69, 9.17) is 25.8 Å². The van der Waals surface area contributed by atoms with Crippen LogP contribution in [0.15, 0.2) is 48.5 Å². The highest BCUT2D eigenvalue weighted by atomic mass is 35.5. The Kier molecular flexibility index (Phi) is 5.85. The third kappa shape index (κ3) is 5.19. The number of nitrogens with one attached hydrogen (secondary N) is 2. The third-order valence-corrected chi connectivity index (χ3v) is 3.78. The molecule has 1 aliphatic rings. The van der Waals surface area contributed by atoms with Crippen molar-refractivity contribution in [3.63, 3.8) is 0 Å². The van der Waals surface area contributed by atoms with Gasteiger partial charge in [-0.05, 0) is 36.4 Å². The summed E-state index contributed by atoms with van der Waals surface area (Å²) in [5, 5.41) is 6.14. The fourth-order valence-corrected chi connectivity index (χ4v) is 2.42. The molecule has 0 saturated heterocycles. The number of hydrogen-bond acceptors (Lipinski definition) is 4. The van der Waals surface area contributed by atoms with Crippen LogP contribution in [0.25, 0.3) is 0 Å². The largest absolute Gasteiger partial charge is 0.492 e. The van der Waals surface area contributed by atoms with Crippen molar-refractivity contribution in [1.29, 1.82) is 0 Å². The minimum Gasteiger partial charge on any atom is -0.492 e. The number of halogens is 1. The molecule has 0 fully saturated rings. The maximum Gasteiger partial charge on any atom is 0.315 e. The number of carbonyl (C=O) groups is 1. The summed E-state index contributed by atoms with van der Waals surface area (Å²) < 4.78 is 16.9. The van der Waals surface area contributed by atoms with E-state index >= 15 is 0 Å². The molecular weight excluding hydrogens is 344 g/mol. The Hall–Kier alpha value is -2.60. The van der Waals surface area contributed by atoms with Crippen molar-refractivity contribution >= 4 is 17.6 Å². The van der Waals surface area contributed by atoms with Crippen molar-refractivity contribution in [1.82, 2.24) is 10.6 Å². The Morgan fingerprint density at radius 3 is 2.68 bits per heavy atom. The van der Waals surface area contributed by atoms with Gasteiger partial charge in [-0.15, -0.1) is 0 Å². The number of para-hydroxylation sites is 2. The monoisotopic (exact) mass is 362 g/mol. The van der Waals surface area contributed by atoms with Crippen LogP contribution < -0.4 is 24.8 Å². The molecule has 1 aliphatic heterocycles. The lowest BCUT2D eigenvalue weighted by Gasteiger charge is -2.26. The van der Waals surface area contributed by atoms with E-state index in [1.165, 1.54) is 0 Å². The zero-order valence-corrected chi connectivity index (χ0v) is 14.3. The van der Waals surface area contributed by atoms with E-state index in [0.717, 1.165) is 5.75 Å². The van der Waals surface area contributed by atoms with Crippen LogP contribution in [0.4, 0.5) is 4.79 Å². The number of fused-ring (bicyclic) bond motifs is 1. The molecule has 25 heavy (non-hydrogen) atoms. The first kappa shape index (κ1) is 17.2. The maximum atomic E-state index is 11.8. The first-order valence-electron chi connectivity index (χ1n) is 7.99. The Balaban J connectivity index is 1.31. The Morgan fingerprint density at radius 2 is 1.88 bits per heavy atom. The Morgan fingerprint density at radius 1 is 1.12 bits per heavy atom. The highest BCUT2D eigenvalue weighted by Gasteiger charge is 2.20. The van der Waals surface area contributed by atoms with Gasteiger partial charge in [-0.3, -0.25) is 0 Å². The van der Waals surface area contributed by atoms with Crippen molar-refractivity contribution in [2.24, 2.45) is 0 Å². The molecule has 2 aromatic rings. The lowest BCUT2D eigenvalue weighted by Crippen LogP contribution is -2.45. The van der Waals surface area contributed by atoms with Crippen LogP contribution in [0.2, 0.25) is 5.02 Å². The molecule has 6 nitrogen and oxygen atoms in total. The van der Waals surface area contributed by atoms with Gasteiger partial charge in [-0.25, -0.2) is 4.79 Å². The van der Waals surface area contributed by atoms with E-state index in [9.17, 15) is 4.79 Å². The number of benzene rings is 2. The molecule has 1 heterocycles. The SMILES string of the molecule is O=C(NCCOc1ccc(Cl)cc1)NCC1COc2ccccc2O1. The summed E-state index contributed by atoms with van der Waals surface area (Å²) >= 11 is 5.80. The summed E-state index contributed by atoms with van der Waals surface area (Å²) in [5.41, 5.74) is 0. The van der Waals surface area contributed by atoms with Gasteiger partial charge in [0.15, 0.2) is 17.6 Å². The van der Waals surface area contributed by atoms with Crippen LogP contribution in [-0.4, -0.2) is 38.4 Å². The number of carbonyl (C=O) groups excluding carboxylic acids is 1. The molecule has 1 unspecified atom stereocenters. The highest BCUT2D eigenvalue weighted by Crippen LogP contribution is 2.30. The summed E-state index contributed by atoms with van der Waals surface area (Å²) in [5.74, 6) is 2.12. The molecule has 0 bridgehead atoms. The van der Waals surface area contributed by atoms with E-state index in [-0.39, 0.29) is 12.1 Å². The fraction of sp³-hybridized carbons (Fsp3) is 0.278. The second-order valence-electron chi connectivity index (χ2n) is 5.44. The predicted octanol–water partition coefficient (Wildman–Crippen LogP) is 2.86. The van der Waals surface area contributed by atoms with Gasteiger partial charge in [-0.1, -0.05) is 23.7 Å². The summed E-state index contributed by atoms with van der Waals surface area (Å²) in [7, 11) is 0. The topological polar surface area (TPSA) is 68.8 Å². The normalized spacial score (nSPS) is 15.3. The maximum absolute atomic E-state index is 11.8. The predicted molar refractivity (Wildman–Crippen MR) is 94.7 cm³/mol. The lowest BCUT2D eigenvalue weighted by molar-refractivity contribution is 0.0918. The number of hydrogen-bond donors (Lipinski definition) is 2. The molecule has 0 spiro atoms. The smallest absolute Gasteiger partial charge is 0.315 e. The molecule has 2 N–H and O–H groups in total. The van der Waals surface area contributed by atoms with Gasteiger partial charge in [0.05, 0.1) is 13.1 Å². The van der Waals surface area contributed by atoms with Crippen LogP contribution in [0, 0.1) is 0 Å². The second-order valence-corrected chi connectivity index (χ2v) is 5.87. The molecular formula is C18H19ClN2O4. The van der Waals surface area contributed by atoms with Gasteiger partial charge in [0.25, 0.3) is 0 Å². The molecule has 0 aliphatic carbocycles. The van der Waals surface area contributed by atoms with Crippen molar-refractivity contribution in [2.75, 3.05) is 26.3 Å². The number of amides is 2. The zero-order chi connectivity index (χ0) is 17.5. The van der Waals surface area contributed by atoms with Gasteiger partial charge in [0.2, 0.25) is 0 Å². The lowest BCUT2D eigenvalue weighted by atomic mass is 10.2. The molecule has 0 aromatic heterocycles. The second kappa shape index (κ2) is 8.48. The first-order valence-corrected chi connectivity index (χ1v) is 8.37. The molecule has 7 heteroatoms. The van der Waals surface area contributed by atoms with Crippen LogP contribution >= 0.6 is 11.6 Å². The Labute approximate surface area is 151 Å². The van der Waals surface area contributed by atoms with E-state index in [2.05, 4.69) is 10.6 Å². The van der Waals surface area contributed by atoms with E-state index < -0.39 is 0 Å². The molecule has 0 radical (unpaired) electrons. The molecule has 0 saturated carbocycles. The molecule has 2 aromatic carbocycles. The number of rotatable bonds is 6. The van der Waals surface area contributed by atoms with Crippen LogP contribution in [-0.2, 0) is 0 Å². The summed E-state index contributed by atoms with van der Waals surface area (Å²) in [4.78, 5) is 11.8. The first-order chi connectivity index (χ1) is 12.2. The van der Waals surface area contributed by atoms with Crippen molar-refractivity contribution in [3.8, 4) is 17.2 Å². The average molecular weight is 363 g/mol. The molecule has 3 rings (SSSR count). The summed E-state index contributed by atoms with van der Waals surface area (Å²) in [6, 6.07) is 14.2. The Bertz CT molecular complexity index is 708. The summed E-state index contributed by atoms with van der Waals surface area (Å²) in [6.45, 7) is 1.51. The molecule has 1 atom stereocenters. The zero-order valence-electron chi connectivity index (χ0n) is 13.5. The summed E-state index contributed by atoms with van der Waals surface area (Å²) in [6.07, 6.45) is -0.217. The number of ether oxygens (including phenoxy) is 3. The van der Waals surface area contributed by atoms with Crippen LogP contribution in [0.1, 0.15) is 0 Å². The third-order valence-electron chi connectivity index (χ3n) is 3.53. The van der Waals surface area contributed by atoms with Gasteiger partial charge in [0, 0.05) is 5.02 Å². The van der Waals surface area contributed by atoms with Gasteiger partial charge >= 0.3 is 6.03 Å². The van der Waals surface area contributed by atoms with Crippen molar-refractivity contribution in [3.05, 3.63) is 53.6 Å². The molecule has 2 amide bonds.